The van der Waals surface area contributed by atoms with E-state index in [2.05, 4.69) is 12.1 Å². The largest absolute Gasteiger partial charge is 0.383 e. The molecule has 1 aliphatic carbocycles. The predicted molar refractivity (Wildman–Crippen MR) is 75.0 cm³/mol. The van der Waals surface area contributed by atoms with Gasteiger partial charge in [0.15, 0.2) is 0 Å². The number of hydrogen-bond donors (Lipinski definition) is 1. The Balaban J connectivity index is 2.00. The number of methoxy groups -OCH3 is 1. The number of carbonyl (C=O) groups is 1. The number of benzene rings is 1. The second-order valence-electron chi connectivity index (χ2n) is 4.92. The van der Waals surface area contributed by atoms with Gasteiger partial charge in [0.2, 0.25) is 5.91 Å². The van der Waals surface area contributed by atoms with Crippen molar-refractivity contribution in [2.45, 2.75) is 18.8 Å². The lowest BCUT2D eigenvalue weighted by Gasteiger charge is -2.34. The number of ether oxygens (including phenoxy) is 1. The summed E-state index contributed by atoms with van der Waals surface area (Å²) in [6, 6.07) is 8.17. The summed E-state index contributed by atoms with van der Waals surface area (Å²) in [5, 5.41) is 0. The molecule has 104 valence electrons. The van der Waals surface area contributed by atoms with Crippen molar-refractivity contribution in [1.29, 1.82) is 0 Å². The standard InChI is InChI=1S/C15H22N2O2/c1-19-10-9-17(8-4-7-16)15(18)14-11-12-5-2-3-6-13(12)14/h2-3,5-6,14H,4,7-11,16H2,1H3. The first-order valence-electron chi connectivity index (χ1n) is 6.83. The zero-order valence-corrected chi connectivity index (χ0v) is 11.5. The molecule has 0 spiro atoms. The molecule has 1 atom stereocenters. The van der Waals surface area contributed by atoms with Gasteiger partial charge in [-0.1, -0.05) is 24.3 Å². The number of hydrogen-bond acceptors (Lipinski definition) is 3. The van der Waals surface area contributed by atoms with E-state index in [0.29, 0.717) is 19.7 Å². The molecule has 2 rings (SSSR count). The fourth-order valence-electron chi connectivity index (χ4n) is 2.52. The van der Waals surface area contributed by atoms with Crippen LogP contribution >= 0.6 is 0 Å². The zero-order chi connectivity index (χ0) is 13.7. The Labute approximate surface area is 114 Å². The fraction of sp³-hybridized carbons (Fsp3) is 0.533. The van der Waals surface area contributed by atoms with Gasteiger partial charge in [0.1, 0.15) is 0 Å². The van der Waals surface area contributed by atoms with E-state index in [1.54, 1.807) is 7.11 Å². The molecule has 0 radical (unpaired) electrons. The van der Waals surface area contributed by atoms with E-state index >= 15 is 0 Å². The van der Waals surface area contributed by atoms with Crippen LogP contribution in [0.1, 0.15) is 23.5 Å². The molecule has 1 unspecified atom stereocenters. The minimum atomic E-state index is 0.0332. The third kappa shape index (κ3) is 3.14. The minimum absolute atomic E-state index is 0.0332. The lowest BCUT2D eigenvalue weighted by Crippen LogP contribution is -2.42. The van der Waals surface area contributed by atoms with Gasteiger partial charge in [-0.15, -0.1) is 0 Å². The van der Waals surface area contributed by atoms with Crippen molar-refractivity contribution in [3.05, 3.63) is 35.4 Å². The number of amides is 1. The van der Waals surface area contributed by atoms with Crippen molar-refractivity contribution >= 4 is 5.91 Å². The van der Waals surface area contributed by atoms with Crippen LogP contribution in [0, 0.1) is 0 Å². The Morgan fingerprint density at radius 3 is 2.89 bits per heavy atom. The SMILES string of the molecule is COCCN(CCCN)C(=O)C1Cc2ccccc21. The maximum absolute atomic E-state index is 12.5. The summed E-state index contributed by atoms with van der Waals surface area (Å²) >= 11 is 0. The van der Waals surface area contributed by atoms with Crippen LogP contribution in [0.2, 0.25) is 0 Å². The van der Waals surface area contributed by atoms with Crippen LogP contribution in [0.5, 0.6) is 0 Å². The van der Waals surface area contributed by atoms with Crippen LogP contribution < -0.4 is 5.73 Å². The molecule has 0 aliphatic heterocycles. The molecule has 0 saturated carbocycles. The van der Waals surface area contributed by atoms with Gasteiger partial charge < -0.3 is 15.4 Å². The molecule has 1 amide bonds. The van der Waals surface area contributed by atoms with Crippen molar-refractivity contribution in [1.82, 2.24) is 4.90 Å². The molecule has 2 N–H and O–H groups in total. The first-order chi connectivity index (χ1) is 9.27. The van der Waals surface area contributed by atoms with Crippen LogP contribution in [0.15, 0.2) is 24.3 Å². The Kier molecular flexibility index (Phi) is 4.93. The maximum Gasteiger partial charge on any atom is 0.230 e. The van der Waals surface area contributed by atoms with Crippen molar-refractivity contribution < 1.29 is 9.53 Å². The summed E-state index contributed by atoms with van der Waals surface area (Å²) in [5.41, 5.74) is 8.02. The van der Waals surface area contributed by atoms with Crippen LogP contribution in [0.3, 0.4) is 0 Å². The Bertz CT molecular complexity index is 426. The highest BCUT2D eigenvalue weighted by atomic mass is 16.5. The second kappa shape index (κ2) is 6.68. The Hall–Kier alpha value is -1.39. The van der Waals surface area contributed by atoms with Gasteiger partial charge in [-0.2, -0.15) is 0 Å². The van der Waals surface area contributed by atoms with Gasteiger partial charge in [0.05, 0.1) is 12.5 Å². The second-order valence-corrected chi connectivity index (χ2v) is 4.92. The highest BCUT2D eigenvalue weighted by Gasteiger charge is 2.34. The molecule has 0 fully saturated rings. The van der Waals surface area contributed by atoms with Crippen LogP contribution in [-0.2, 0) is 16.0 Å². The molecule has 0 saturated heterocycles. The van der Waals surface area contributed by atoms with Gasteiger partial charge in [-0.3, -0.25) is 4.79 Å². The van der Waals surface area contributed by atoms with Crippen molar-refractivity contribution in [2.24, 2.45) is 5.73 Å². The summed E-state index contributed by atoms with van der Waals surface area (Å²) in [6.45, 7) is 2.55. The summed E-state index contributed by atoms with van der Waals surface area (Å²) in [7, 11) is 1.66. The quantitative estimate of drug-likeness (QED) is 0.802. The van der Waals surface area contributed by atoms with Gasteiger partial charge in [0.25, 0.3) is 0 Å². The average Bonchev–Trinajstić information content (AvgIpc) is 2.40. The topological polar surface area (TPSA) is 55.6 Å². The van der Waals surface area contributed by atoms with E-state index < -0.39 is 0 Å². The molecule has 0 aromatic heterocycles. The van der Waals surface area contributed by atoms with E-state index in [9.17, 15) is 4.79 Å². The number of nitrogens with two attached hydrogens (primary N) is 1. The van der Waals surface area contributed by atoms with Crippen LogP contribution in [-0.4, -0.2) is 44.2 Å². The Morgan fingerprint density at radius 2 is 2.21 bits per heavy atom. The molecular weight excluding hydrogens is 240 g/mol. The number of nitrogens with zero attached hydrogens (tertiary/aromatic N) is 1. The summed E-state index contributed by atoms with van der Waals surface area (Å²) in [5.74, 6) is 0.245. The molecule has 1 aromatic rings. The predicted octanol–water partition coefficient (Wildman–Crippen LogP) is 1.15. The lowest BCUT2D eigenvalue weighted by atomic mass is 9.77. The number of rotatable bonds is 7. The summed E-state index contributed by atoms with van der Waals surface area (Å²) in [4.78, 5) is 14.4. The Morgan fingerprint density at radius 1 is 1.42 bits per heavy atom. The van der Waals surface area contributed by atoms with Gasteiger partial charge >= 0.3 is 0 Å². The molecule has 4 heteroatoms. The first kappa shape index (κ1) is 14.0. The molecule has 19 heavy (non-hydrogen) atoms. The van der Waals surface area contributed by atoms with Crippen LogP contribution in [0.4, 0.5) is 0 Å². The molecule has 0 heterocycles. The van der Waals surface area contributed by atoms with E-state index in [1.807, 2.05) is 17.0 Å². The van der Waals surface area contributed by atoms with Crippen molar-refractivity contribution in [3.8, 4) is 0 Å². The number of fused-ring (bicyclic) bond motifs is 1. The molecule has 1 aliphatic rings. The zero-order valence-electron chi connectivity index (χ0n) is 11.5. The van der Waals surface area contributed by atoms with E-state index in [1.165, 1.54) is 11.1 Å². The lowest BCUT2D eigenvalue weighted by molar-refractivity contribution is -0.134. The normalized spacial score (nSPS) is 16.6. The van der Waals surface area contributed by atoms with Gasteiger partial charge in [-0.05, 0) is 30.5 Å². The molecule has 0 bridgehead atoms. The molecule has 4 nitrogen and oxygen atoms in total. The highest BCUT2D eigenvalue weighted by molar-refractivity contribution is 5.87. The summed E-state index contributed by atoms with van der Waals surface area (Å²) < 4.78 is 5.08. The monoisotopic (exact) mass is 262 g/mol. The highest BCUT2D eigenvalue weighted by Crippen LogP contribution is 2.36. The number of carbonyl (C=O) groups excluding carboxylic acids is 1. The third-order valence-electron chi connectivity index (χ3n) is 3.66. The minimum Gasteiger partial charge on any atom is -0.383 e. The smallest absolute Gasteiger partial charge is 0.230 e. The molecular formula is C15H22N2O2. The first-order valence-corrected chi connectivity index (χ1v) is 6.83. The molecule has 1 aromatic carbocycles. The van der Waals surface area contributed by atoms with Gasteiger partial charge in [0, 0.05) is 20.2 Å². The van der Waals surface area contributed by atoms with Crippen molar-refractivity contribution in [3.63, 3.8) is 0 Å². The average molecular weight is 262 g/mol. The van der Waals surface area contributed by atoms with Crippen LogP contribution in [0.25, 0.3) is 0 Å². The van der Waals surface area contributed by atoms with Gasteiger partial charge in [-0.25, -0.2) is 0 Å². The van der Waals surface area contributed by atoms with E-state index in [4.69, 9.17) is 10.5 Å². The van der Waals surface area contributed by atoms with E-state index in [-0.39, 0.29) is 11.8 Å². The fourth-order valence-corrected chi connectivity index (χ4v) is 2.52. The summed E-state index contributed by atoms with van der Waals surface area (Å²) in [6.07, 6.45) is 1.70. The van der Waals surface area contributed by atoms with E-state index in [0.717, 1.165) is 19.4 Å². The van der Waals surface area contributed by atoms with Crippen molar-refractivity contribution in [2.75, 3.05) is 33.4 Å². The third-order valence-corrected chi connectivity index (χ3v) is 3.66. The maximum atomic E-state index is 12.5.